The average molecular weight is 412 g/mol. The maximum atomic E-state index is 12.1. The van der Waals surface area contributed by atoms with Gasteiger partial charge in [0.15, 0.2) is 11.5 Å². The van der Waals surface area contributed by atoms with E-state index in [0.717, 1.165) is 6.07 Å². The zero-order valence-corrected chi connectivity index (χ0v) is 16.0. The molecule has 8 nitrogen and oxygen atoms in total. The van der Waals surface area contributed by atoms with Crippen LogP contribution in [0.15, 0.2) is 59.0 Å². The van der Waals surface area contributed by atoms with E-state index in [1.54, 1.807) is 35.7 Å². The van der Waals surface area contributed by atoms with Gasteiger partial charge in [-0.15, -0.1) is 11.3 Å². The van der Waals surface area contributed by atoms with Crippen LogP contribution in [0.3, 0.4) is 0 Å². The van der Waals surface area contributed by atoms with Crippen LogP contribution in [0, 0.1) is 0 Å². The van der Waals surface area contributed by atoms with E-state index < -0.39 is 11.9 Å². The third kappa shape index (κ3) is 5.11. The maximum absolute atomic E-state index is 12.1. The lowest BCUT2D eigenvalue weighted by Gasteiger charge is -2.09. The van der Waals surface area contributed by atoms with Crippen molar-refractivity contribution in [3.63, 3.8) is 0 Å². The zero-order chi connectivity index (χ0) is 20.8. The lowest BCUT2D eigenvalue weighted by molar-refractivity contribution is 0.0734. The van der Waals surface area contributed by atoms with Crippen LogP contribution in [0.1, 0.15) is 25.6 Å². The van der Waals surface area contributed by atoms with E-state index in [9.17, 15) is 19.8 Å². The first-order valence-electron chi connectivity index (χ1n) is 8.26. The number of hydrazone groups is 1. The smallest absolute Gasteiger partial charge is 0.353 e. The normalized spacial score (nSPS) is 10.7. The highest BCUT2D eigenvalue weighted by Crippen LogP contribution is 2.29. The molecule has 0 saturated carbocycles. The Morgan fingerprint density at radius 1 is 1.07 bits per heavy atom. The number of phenols is 2. The Balaban J connectivity index is 1.68. The molecule has 2 aromatic carbocycles. The molecule has 148 valence electrons. The minimum Gasteiger partial charge on any atom is -0.508 e. The third-order valence-electron chi connectivity index (χ3n) is 3.66. The van der Waals surface area contributed by atoms with Crippen molar-refractivity contribution in [2.24, 2.45) is 5.10 Å². The summed E-state index contributed by atoms with van der Waals surface area (Å²) in [5.74, 6) is -0.999. The van der Waals surface area contributed by atoms with Crippen molar-refractivity contribution < 1.29 is 29.3 Å². The first kappa shape index (κ1) is 19.9. The second-order valence-electron chi connectivity index (χ2n) is 5.71. The number of benzene rings is 2. The van der Waals surface area contributed by atoms with E-state index in [1.807, 2.05) is 0 Å². The van der Waals surface area contributed by atoms with Gasteiger partial charge in [0.25, 0.3) is 5.91 Å². The van der Waals surface area contributed by atoms with Crippen LogP contribution in [0.2, 0.25) is 0 Å². The quantitative estimate of drug-likeness (QED) is 0.248. The van der Waals surface area contributed by atoms with Crippen molar-refractivity contribution >= 4 is 29.4 Å². The van der Waals surface area contributed by atoms with Crippen molar-refractivity contribution in [1.82, 2.24) is 5.43 Å². The number of methoxy groups -OCH3 is 1. The molecule has 1 amide bonds. The second kappa shape index (κ2) is 8.89. The highest BCUT2D eigenvalue weighted by atomic mass is 32.1. The zero-order valence-electron chi connectivity index (χ0n) is 15.2. The molecule has 3 rings (SSSR count). The summed E-state index contributed by atoms with van der Waals surface area (Å²) in [6, 6.07) is 11.7. The first-order chi connectivity index (χ1) is 14.0. The van der Waals surface area contributed by atoms with Crippen molar-refractivity contribution in [2.75, 3.05) is 7.11 Å². The molecule has 1 aromatic heterocycles. The summed E-state index contributed by atoms with van der Waals surface area (Å²) in [5, 5.41) is 24.5. The number of nitrogens with one attached hydrogen (secondary N) is 1. The van der Waals surface area contributed by atoms with E-state index >= 15 is 0 Å². The summed E-state index contributed by atoms with van der Waals surface area (Å²) in [6.45, 7) is 0. The van der Waals surface area contributed by atoms with Crippen LogP contribution in [0.25, 0.3) is 0 Å². The van der Waals surface area contributed by atoms with E-state index in [2.05, 4.69) is 10.5 Å². The Hall–Kier alpha value is -3.85. The molecule has 0 saturated heterocycles. The Labute approximate surface area is 169 Å². The molecule has 0 fully saturated rings. The number of aromatic hydroxyl groups is 2. The van der Waals surface area contributed by atoms with Crippen LogP contribution in [0.5, 0.6) is 23.0 Å². The summed E-state index contributed by atoms with van der Waals surface area (Å²) in [6.07, 6.45) is 1.37. The van der Waals surface area contributed by atoms with Gasteiger partial charge in [-0.2, -0.15) is 5.10 Å². The Morgan fingerprint density at radius 2 is 1.83 bits per heavy atom. The molecule has 0 atom stereocenters. The lowest BCUT2D eigenvalue weighted by atomic mass is 10.2. The minimum atomic E-state index is -0.610. The topological polar surface area (TPSA) is 117 Å². The van der Waals surface area contributed by atoms with Crippen LogP contribution in [0.4, 0.5) is 0 Å². The molecule has 1 heterocycles. The lowest BCUT2D eigenvalue weighted by Crippen LogP contribution is -2.17. The fourth-order valence-electron chi connectivity index (χ4n) is 2.35. The van der Waals surface area contributed by atoms with Crippen molar-refractivity contribution in [1.29, 1.82) is 0 Å². The molecule has 0 aliphatic carbocycles. The van der Waals surface area contributed by atoms with Gasteiger partial charge < -0.3 is 19.7 Å². The maximum Gasteiger partial charge on any atom is 0.353 e. The van der Waals surface area contributed by atoms with Gasteiger partial charge in [0.05, 0.1) is 13.3 Å². The van der Waals surface area contributed by atoms with Crippen LogP contribution in [-0.2, 0) is 0 Å². The molecular weight excluding hydrogens is 396 g/mol. The molecule has 3 aromatic rings. The molecular formula is C20H16N2O6S. The molecule has 9 heteroatoms. The Morgan fingerprint density at radius 3 is 2.48 bits per heavy atom. The van der Waals surface area contributed by atoms with E-state index in [1.165, 1.54) is 36.8 Å². The number of phenolic OH excluding ortho intramolecular Hbond substituents is 2. The van der Waals surface area contributed by atoms with Gasteiger partial charge in [-0.3, -0.25) is 4.79 Å². The van der Waals surface area contributed by atoms with Crippen LogP contribution in [-0.4, -0.2) is 35.4 Å². The minimum absolute atomic E-state index is 0.0491. The van der Waals surface area contributed by atoms with E-state index in [0.29, 0.717) is 16.2 Å². The number of esters is 1. The monoisotopic (exact) mass is 412 g/mol. The fraction of sp³-hybridized carbons (Fsp3) is 0.0500. The van der Waals surface area contributed by atoms with Gasteiger partial charge in [-0.1, -0.05) is 6.07 Å². The second-order valence-corrected chi connectivity index (χ2v) is 6.66. The van der Waals surface area contributed by atoms with Crippen LogP contribution < -0.4 is 14.9 Å². The molecule has 0 aliphatic rings. The standard InChI is InChI=1S/C20H16N2O6S/c1-27-17-7-12(4-5-16(17)28-20(26)18-3-2-6-29-18)11-21-22-19(25)13-8-14(23)10-15(24)9-13/h2-11,23-24H,1H3,(H,22,25)/b21-11+. The van der Waals surface area contributed by atoms with Crippen molar-refractivity contribution in [2.45, 2.75) is 0 Å². The fourth-order valence-corrected chi connectivity index (χ4v) is 2.95. The molecule has 0 radical (unpaired) electrons. The van der Waals surface area contributed by atoms with Gasteiger partial charge in [0.2, 0.25) is 0 Å². The number of thiophene rings is 1. The highest BCUT2D eigenvalue weighted by Gasteiger charge is 2.13. The molecule has 0 unspecified atom stereocenters. The summed E-state index contributed by atoms with van der Waals surface area (Å²) in [7, 11) is 1.44. The van der Waals surface area contributed by atoms with Gasteiger partial charge in [-0.05, 0) is 47.3 Å². The van der Waals surface area contributed by atoms with Gasteiger partial charge in [0.1, 0.15) is 16.4 Å². The Bertz CT molecular complexity index is 1040. The van der Waals surface area contributed by atoms with E-state index in [4.69, 9.17) is 9.47 Å². The van der Waals surface area contributed by atoms with E-state index in [-0.39, 0.29) is 22.8 Å². The largest absolute Gasteiger partial charge is 0.508 e. The summed E-state index contributed by atoms with van der Waals surface area (Å²) in [4.78, 5) is 24.6. The molecule has 0 bridgehead atoms. The van der Waals surface area contributed by atoms with Gasteiger partial charge >= 0.3 is 5.97 Å². The summed E-state index contributed by atoms with van der Waals surface area (Å²) in [5.41, 5.74) is 2.92. The average Bonchev–Trinajstić information content (AvgIpc) is 3.23. The third-order valence-corrected chi connectivity index (χ3v) is 4.51. The Kier molecular flexibility index (Phi) is 6.10. The number of rotatable bonds is 6. The predicted molar refractivity (Wildman–Crippen MR) is 107 cm³/mol. The number of carbonyl (C=O) groups is 2. The summed E-state index contributed by atoms with van der Waals surface area (Å²) < 4.78 is 10.6. The molecule has 29 heavy (non-hydrogen) atoms. The number of ether oxygens (including phenoxy) is 2. The number of hydrogen-bond donors (Lipinski definition) is 3. The molecule has 0 spiro atoms. The first-order valence-corrected chi connectivity index (χ1v) is 9.14. The van der Waals surface area contributed by atoms with Gasteiger partial charge in [0, 0.05) is 11.6 Å². The van der Waals surface area contributed by atoms with Crippen molar-refractivity contribution in [3.8, 4) is 23.0 Å². The summed E-state index contributed by atoms with van der Waals surface area (Å²) >= 11 is 1.27. The molecule has 0 aliphatic heterocycles. The number of carbonyl (C=O) groups excluding carboxylic acids is 2. The SMILES string of the molecule is COc1cc(/C=N/NC(=O)c2cc(O)cc(O)c2)ccc1OC(=O)c1cccs1. The van der Waals surface area contributed by atoms with Crippen LogP contribution >= 0.6 is 11.3 Å². The predicted octanol–water partition coefficient (Wildman–Crippen LogP) is 3.15. The number of nitrogens with zero attached hydrogens (tertiary/aromatic N) is 1. The molecule has 3 N–H and O–H groups in total. The van der Waals surface area contributed by atoms with Gasteiger partial charge in [-0.25, -0.2) is 10.2 Å². The number of amides is 1. The number of hydrogen-bond acceptors (Lipinski definition) is 8. The highest BCUT2D eigenvalue weighted by molar-refractivity contribution is 7.12. The van der Waals surface area contributed by atoms with Crippen molar-refractivity contribution in [3.05, 3.63) is 69.9 Å².